The molecule has 1 aliphatic heterocycles. The summed E-state index contributed by atoms with van der Waals surface area (Å²) in [6.07, 6.45) is 5.66. The molecule has 0 amide bonds. The zero-order valence-corrected chi connectivity index (χ0v) is 12.3. The molecule has 0 bridgehead atoms. The van der Waals surface area contributed by atoms with Crippen molar-refractivity contribution in [2.75, 3.05) is 19.6 Å². The van der Waals surface area contributed by atoms with Gasteiger partial charge in [-0.2, -0.15) is 0 Å². The first-order valence-corrected chi connectivity index (χ1v) is 7.50. The summed E-state index contributed by atoms with van der Waals surface area (Å²) in [5, 5.41) is 9.98. The molecule has 2 unspecified atom stereocenters. The molecule has 0 aromatic heterocycles. The van der Waals surface area contributed by atoms with Crippen LogP contribution in [0.4, 0.5) is 0 Å². The van der Waals surface area contributed by atoms with E-state index in [1.165, 1.54) is 19.3 Å². The molecule has 2 aliphatic rings. The van der Waals surface area contributed by atoms with Crippen molar-refractivity contribution in [1.29, 1.82) is 0 Å². The average Bonchev–Trinajstić information content (AvgIpc) is 2.27. The second kappa shape index (κ2) is 5.10. The molecule has 2 fully saturated rings. The number of piperidine rings is 1. The van der Waals surface area contributed by atoms with Crippen LogP contribution in [0.1, 0.15) is 52.9 Å². The highest BCUT2D eigenvalue weighted by Gasteiger charge is 2.38. The van der Waals surface area contributed by atoms with Crippen LogP contribution in [0.2, 0.25) is 0 Å². The van der Waals surface area contributed by atoms with Crippen molar-refractivity contribution in [2.45, 2.75) is 64.5 Å². The van der Waals surface area contributed by atoms with Gasteiger partial charge in [0, 0.05) is 25.7 Å². The highest BCUT2D eigenvalue weighted by molar-refractivity contribution is 4.93. The molecule has 1 heterocycles. The molecule has 1 aliphatic carbocycles. The largest absolute Gasteiger partial charge is 0.390 e. The predicted octanol–water partition coefficient (Wildman–Crippen LogP) is 1.99. The standard InChI is InChI=1S/C15H30N2O/c1-14(2)6-4-5-12(13(14)16)11-17-9-7-15(3,18)8-10-17/h12-13,18H,4-11,16H2,1-3H3. The van der Waals surface area contributed by atoms with Crippen LogP contribution < -0.4 is 5.73 Å². The van der Waals surface area contributed by atoms with Crippen molar-refractivity contribution >= 4 is 0 Å². The Morgan fingerprint density at radius 1 is 1.17 bits per heavy atom. The fourth-order valence-corrected chi connectivity index (χ4v) is 3.56. The molecule has 18 heavy (non-hydrogen) atoms. The van der Waals surface area contributed by atoms with E-state index in [-0.39, 0.29) is 0 Å². The molecule has 3 nitrogen and oxygen atoms in total. The number of hydrogen-bond donors (Lipinski definition) is 2. The van der Waals surface area contributed by atoms with E-state index >= 15 is 0 Å². The number of hydrogen-bond acceptors (Lipinski definition) is 3. The van der Waals surface area contributed by atoms with Gasteiger partial charge >= 0.3 is 0 Å². The van der Waals surface area contributed by atoms with Crippen molar-refractivity contribution in [3.05, 3.63) is 0 Å². The van der Waals surface area contributed by atoms with Crippen LogP contribution in [0, 0.1) is 11.3 Å². The monoisotopic (exact) mass is 254 g/mol. The van der Waals surface area contributed by atoms with Crippen LogP contribution in [0.25, 0.3) is 0 Å². The average molecular weight is 254 g/mol. The predicted molar refractivity (Wildman–Crippen MR) is 75.4 cm³/mol. The van der Waals surface area contributed by atoms with E-state index in [1.54, 1.807) is 0 Å². The van der Waals surface area contributed by atoms with E-state index < -0.39 is 5.60 Å². The summed E-state index contributed by atoms with van der Waals surface area (Å²) in [6.45, 7) is 9.75. The van der Waals surface area contributed by atoms with Crippen molar-refractivity contribution < 1.29 is 5.11 Å². The summed E-state index contributed by atoms with van der Waals surface area (Å²) >= 11 is 0. The Hall–Kier alpha value is -0.120. The van der Waals surface area contributed by atoms with Gasteiger partial charge in [0.05, 0.1) is 5.60 Å². The SMILES string of the molecule is CC1(O)CCN(CC2CCCC(C)(C)C2N)CC1. The van der Waals surface area contributed by atoms with Gasteiger partial charge in [-0.1, -0.05) is 20.3 Å². The molecule has 106 valence electrons. The fraction of sp³-hybridized carbons (Fsp3) is 1.00. The van der Waals surface area contributed by atoms with Crippen molar-refractivity contribution in [2.24, 2.45) is 17.1 Å². The van der Waals surface area contributed by atoms with E-state index in [0.717, 1.165) is 32.5 Å². The zero-order valence-electron chi connectivity index (χ0n) is 12.3. The zero-order chi connectivity index (χ0) is 13.4. The second-order valence-electron chi connectivity index (χ2n) is 7.46. The Morgan fingerprint density at radius 3 is 2.39 bits per heavy atom. The smallest absolute Gasteiger partial charge is 0.0644 e. The fourth-order valence-electron chi connectivity index (χ4n) is 3.56. The van der Waals surface area contributed by atoms with Gasteiger partial charge in [-0.3, -0.25) is 0 Å². The minimum Gasteiger partial charge on any atom is -0.390 e. The Bertz CT molecular complexity index is 278. The molecule has 1 saturated heterocycles. The summed E-state index contributed by atoms with van der Waals surface area (Å²) in [5.41, 5.74) is 6.31. The molecule has 0 aromatic carbocycles. The van der Waals surface area contributed by atoms with Gasteiger partial charge in [0.1, 0.15) is 0 Å². The van der Waals surface area contributed by atoms with E-state index in [1.807, 2.05) is 6.92 Å². The van der Waals surface area contributed by atoms with Crippen molar-refractivity contribution in [3.8, 4) is 0 Å². The minimum atomic E-state index is -0.440. The lowest BCUT2D eigenvalue weighted by atomic mass is 9.68. The Balaban J connectivity index is 1.86. The highest BCUT2D eigenvalue weighted by Crippen LogP contribution is 2.38. The second-order valence-corrected chi connectivity index (χ2v) is 7.46. The Kier molecular flexibility index (Phi) is 4.05. The molecular weight excluding hydrogens is 224 g/mol. The van der Waals surface area contributed by atoms with Crippen LogP contribution in [0.3, 0.4) is 0 Å². The maximum atomic E-state index is 9.98. The molecule has 2 rings (SSSR count). The lowest BCUT2D eigenvalue weighted by Crippen LogP contribution is -2.52. The van der Waals surface area contributed by atoms with Crippen molar-refractivity contribution in [3.63, 3.8) is 0 Å². The van der Waals surface area contributed by atoms with E-state index in [0.29, 0.717) is 17.4 Å². The lowest BCUT2D eigenvalue weighted by Gasteiger charge is -2.45. The molecule has 1 saturated carbocycles. The van der Waals surface area contributed by atoms with E-state index in [4.69, 9.17) is 5.73 Å². The quantitative estimate of drug-likeness (QED) is 0.792. The van der Waals surface area contributed by atoms with Crippen LogP contribution >= 0.6 is 0 Å². The van der Waals surface area contributed by atoms with Crippen LogP contribution in [-0.2, 0) is 0 Å². The van der Waals surface area contributed by atoms with E-state index in [9.17, 15) is 5.11 Å². The van der Waals surface area contributed by atoms with Crippen LogP contribution in [-0.4, -0.2) is 41.3 Å². The van der Waals surface area contributed by atoms with Gasteiger partial charge < -0.3 is 15.7 Å². The molecule has 3 heteroatoms. The van der Waals surface area contributed by atoms with Crippen LogP contribution in [0.15, 0.2) is 0 Å². The highest BCUT2D eigenvalue weighted by atomic mass is 16.3. The summed E-state index contributed by atoms with van der Waals surface area (Å²) in [5.74, 6) is 0.636. The molecule has 2 atom stereocenters. The van der Waals surface area contributed by atoms with Gasteiger partial charge in [-0.05, 0) is 43.9 Å². The summed E-state index contributed by atoms with van der Waals surface area (Å²) in [4.78, 5) is 2.50. The first kappa shape index (κ1) is 14.3. The molecule has 0 radical (unpaired) electrons. The number of aliphatic hydroxyl groups is 1. The Labute approximate surface area is 112 Å². The van der Waals surface area contributed by atoms with Gasteiger partial charge in [-0.25, -0.2) is 0 Å². The first-order chi connectivity index (χ1) is 8.30. The molecule has 0 spiro atoms. The lowest BCUT2D eigenvalue weighted by molar-refractivity contribution is -0.0143. The third-order valence-corrected chi connectivity index (χ3v) is 5.23. The van der Waals surface area contributed by atoms with Crippen molar-refractivity contribution in [1.82, 2.24) is 4.90 Å². The van der Waals surface area contributed by atoms with Gasteiger partial charge in [0.25, 0.3) is 0 Å². The summed E-state index contributed by atoms with van der Waals surface area (Å²) < 4.78 is 0. The molecular formula is C15H30N2O. The third-order valence-electron chi connectivity index (χ3n) is 5.23. The van der Waals surface area contributed by atoms with Crippen LogP contribution in [0.5, 0.6) is 0 Å². The number of nitrogens with zero attached hydrogens (tertiary/aromatic N) is 1. The molecule has 0 aromatic rings. The normalized spacial score (nSPS) is 36.5. The number of rotatable bonds is 2. The third kappa shape index (κ3) is 3.25. The Morgan fingerprint density at radius 2 is 1.78 bits per heavy atom. The summed E-state index contributed by atoms with van der Waals surface area (Å²) in [6, 6.07) is 0.327. The molecule has 3 N–H and O–H groups in total. The van der Waals surface area contributed by atoms with Gasteiger partial charge in [-0.15, -0.1) is 0 Å². The topological polar surface area (TPSA) is 49.5 Å². The number of likely N-dealkylation sites (tertiary alicyclic amines) is 1. The summed E-state index contributed by atoms with van der Waals surface area (Å²) in [7, 11) is 0. The first-order valence-electron chi connectivity index (χ1n) is 7.50. The van der Waals surface area contributed by atoms with E-state index in [2.05, 4.69) is 18.7 Å². The minimum absolute atomic E-state index is 0.296. The number of nitrogens with two attached hydrogens (primary N) is 1. The van der Waals surface area contributed by atoms with Gasteiger partial charge in [0.2, 0.25) is 0 Å². The maximum absolute atomic E-state index is 9.98. The van der Waals surface area contributed by atoms with Gasteiger partial charge in [0.15, 0.2) is 0 Å². The maximum Gasteiger partial charge on any atom is 0.0644 e.